The summed E-state index contributed by atoms with van der Waals surface area (Å²) in [6.45, 7) is 1.68. The van der Waals surface area contributed by atoms with Crippen LogP contribution in [0.15, 0.2) is 53.1 Å². The van der Waals surface area contributed by atoms with Crippen molar-refractivity contribution >= 4 is 22.7 Å². The minimum absolute atomic E-state index is 0.278. The number of nitrogens with two attached hydrogens (primary N) is 1. The molecule has 2 aromatic heterocycles. The Morgan fingerprint density at radius 1 is 1.10 bits per heavy atom. The zero-order valence-corrected chi connectivity index (χ0v) is 16.1. The number of hydrogen-bond acceptors (Lipinski definition) is 7. The molecule has 1 aliphatic rings. The molecular formula is C22H19N5O3. The van der Waals surface area contributed by atoms with Crippen molar-refractivity contribution in [3.05, 3.63) is 70.9 Å². The van der Waals surface area contributed by atoms with Crippen molar-refractivity contribution in [3.63, 3.8) is 0 Å². The van der Waals surface area contributed by atoms with Crippen molar-refractivity contribution in [1.29, 1.82) is 0 Å². The molecule has 0 saturated heterocycles. The molecule has 0 unspecified atom stereocenters. The zero-order chi connectivity index (χ0) is 20.5. The van der Waals surface area contributed by atoms with Gasteiger partial charge in [0, 0.05) is 18.5 Å². The summed E-state index contributed by atoms with van der Waals surface area (Å²) in [6, 6.07) is 15.2. The first-order valence-electron chi connectivity index (χ1n) is 9.64. The lowest BCUT2D eigenvalue weighted by atomic mass is 10.1. The van der Waals surface area contributed by atoms with Gasteiger partial charge in [-0.05, 0) is 17.7 Å². The quantitative estimate of drug-likeness (QED) is 0.528. The van der Waals surface area contributed by atoms with Gasteiger partial charge in [-0.3, -0.25) is 4.79 Å². The summed E-state index contributed by atoms with van der Waals surface area (Å²) in [6.07, 6.45) is 0.688. The van der Waals surface area contributed by atoms with E-state index in [1.807, 2.05) is 24.3 Å². The highest BCUT2D eigenvalue weighted by atomic mass is 16.5. The number of para-hydroxylation sites is 1. The van der Waals surface area contributed by atoms with E-state index >= 15 is 0 Å². The Labute approximate surface area is 172 Å². The Kier molecular flexibility index (Phi) is 4.61. The molecule has 0 atom stereocenters. The van der Waals surface area contributed by atoms with Gasteiger partial charge in [-0.25, -0.2) is 9.97 Å². The molecular weight excluding hydrogens is 382 g/mol. The van der Waals surface area contributed by atoms with Crippen LogP contribution in [0.5, 0.6) is 0 Å². The second-order valence-electron chi connectivity index (χ2n) is 7.04. The molecule has 0 radical (unpaired) electrons. The lowest BCUT2D eigenvalue weighted by Crippen LogP contribution is -2.17. The van der Waals surface area contributed by atoms with E-state index in [0.717, 1.165) is 16.8 Å². The fourth-order valence-electron chi connectivity index (χ4n) is 3.58. The third-order valence-electron chi connectivity index (χ3n) is 5.10. The molecule has 150 valence electrons. The third kappa shape index (κ3) is 3.27. The predicted octanol–water partition coefficient (Wildman–Crippen LogP) is 3.07. The summed E-state index contributed by atoms with van der Waals surface area (Å²) in [5.74, 6) is 0.573. The summed E-state index contributed by atoms with van der Waals surface area (Å²) in [7, 11) is 0. The highest BCUT2D eigenvalue weighted by Crippen LogP contribution is 2.31. The molecule has 8 nitrogen and oxygen atoms in total. The van der Waals surface area contributed by atoms with Crippen LogP contribution in [-0.2, 0) is 24.3 Å². The van der Waals surface area contributed by atoms with Crippen LogP contribution in [0.1, 0.15) is 27.2 Å². The van der Waals surface area contributed by atoms with Crippen molar-refractivity contribution in [2.45, 2.75) is 19.6 Å². The zero-order valence-electron chi connectivity index (χ0n) is 16.1. The van der Waals surface area contributed by atoms with Gasteiger partial charge < -0.3 is 20.3 Å². The van der Waals surface area contributed by atoms with Gasteiger partial charge in [0.2, 0.25) is 0 Å². The average Bonchev–Trinajstić information content (AvgIpc) is 3.22. The summed E-state index contributed by atoms with van der Waals surface area (Å²) in [5, 5.41) is 8.20. The largest absolute Gasteiger partial charge is 0.376 e. The number of aromatic nitrogens is 3. The number of anilines is 1. The smallest absolute Gasteiger partial charge is 0.252 e. The van der Waals surface area contributed by atoms with E-state index in [0.29, 0.717) is 54.5 Å². The van der Waals surface area contributed by atoms with E-state index in [1.165, 1.54) is 0 Å². The Bertz CT molecular complexity index is 1240. The van der Waals surface area contributed by atoms with Crippen LogP contribution in [0, 0.1) is 0 Å². The molecule has 3 heterocycles. The molecule has 0 aliphatic carbocycles. The lowest BCUT2D eigenvalue weighted by molar-refractivity contribution is 0.100. The van der Waals surface area contributed by atoms with E-state index in [4.69, 9.17) is 25.0 Å². The second-order valence-corrected chi connectivity index (χ2v) is 7.04. The summed E-state index contributed by atoms with van der Waals surface area (Å²) < 4.78 is 11.1. The van der Waals surface area contributed by atoms with Gasteiger partial charge in [-0.15, -0.1) is 0 Å². The second kappa shape index (κ2) is 7.57. The van der Waals surface area contributed by atoms with Crippen molar-refractivity contribution in [2.75, 3.05) is 11.9 Å². The third-order valence-corrected chi connectivity index (χ3v) is 5.10. The molecule has 1 amide bonds. The van der Waals surface area contributed by atoms with Crippen LogP contribution in [0.4, 0.5) is 5.82 Å². The van der Waals surface area contributed by atoms with Crippen LogP contribution < -0.4 is 11.1 Å². The molecule has 30 heavy (non-hydrogen) atoms. The number of nitrogens with zero attached hydrogens (tertiary/aromatic N) is 3. The standard InChI is InChI=1S/C22H19N5O3/c23-20(28)15-8-4-7-14-18(27-30-19(14)15)22-25-17-9-10-29-12-16(17)21(26-22)24-11-13-5-2-1-3-6-13/h1-8H,9-12H2,(H2,23,28)(H,24,25,26). The Balaban J connectivity index is 1.58. The molecule has 2 aromatic carbocycles. The van der Waals surface area contributed by atoms with Gasteiger partial charge in [0.05, 0.1) is 29.9 Å². The number of ether oxygens (including phenoxy) is 1. The van der Waals surface area contributed by atoms with Gasteiger partial charge in [-0.2, -0.15) is 0 Å². The predicted molar refractivity (Wildman–Crippen MR) is 111 cm³/mol. The molecule has 0 bridgehead atoms. The van der Waals surface area contributed by atoms with Gasteiger partial charge in [0.1, 0.15) is 5.82 Å². The van der Waals surface area contributed by atoms with E-state index in [2.05, 4.69) is 22.6 Å². The fraction of sp³-hybridized carbons (Fsp3) is 0.182. The number of amides is 1. The minimum atomic E-state index is -0.572. The van der Waals surface area contributed by atoms with Crippen molar-refractivity contribution in [2.24, 2.45) is 5.73 Å². The van der Waals surface area contributed by atoms with Crippen LogP contribution >= 0.6 is 0 Å². The van der Waals surface area contributed by atoms with E-state index in [1.54, 1.807) is 12.1 Å². The van der Waals surface area contributed by atoms with Gasteiger partial charge in [-0.1, -0.05) is 41.6 Å². The molecule has 0 fully saturated rings. The van der Waals surface area contributed by atoms with Crippen molar-refractivity contribution in [3.8, 4) is 11.5 Å². The van der Waals surface area contributed by atoms with Gasteiger partial charge in [0.25, 0.3) is 5.91 Å². The van der Waals surface area contributed by atoms with Crippen LogP contribution in [0.2, 0.25) is 0 Å². The van der Waals surface area contributed by atoms with Crippen LogP contribution in [0.25, 0.3) is 22.5 Å². The summed E-state index contributed by atoms with van der Waals surface area (Å²) >= 11 is 0. The molecule has 4 aromatic rings. The highest BCUT2D eigenvalue weighted by molar-refractivity contribution is 6.06. The first-order valence-corrected chi connectivity index (χ1v) is 9.64. The molecule has 5 rings (SSSR count). The molecule has 3 N–H and O–H groups in total. The SMILES string of the molecule is NC(=O)c1cccc2c(-c3nc4c(c(NCc5ccccc5)n3)COCC4)noc12. The number of benzene rings is 2. The van der Waals surface area contributed by atoms with Gasteiger partial charge in [0.15, 0.2) is 17.1 Å². The maximum atomic E-state index is 11.7. The summed E-state index contributed by atoms with van der Waals surface area (Å²) in [5.41, 5.74) is 9.56. The highest BCUT2D eigenvalue weighted by Gasteiger charge is 2.23. The van der Waals surface area contributed by atoms with E-state index in [9.17, 15) is 4.79 Å². The van der Waals surface area contributed by atoms with E-state index in [-0.39, 0.29) is 5.56 Å². The van der Waals surface area contributed by atoms with Gasteiger partial charge >= 0.3 is 0 Å². The molecule has 0 saturated carbocycles. The van der Waals surface area contributed by atoms with Crippen LogP contribution in [-0.4, -0.2) is 27.6 Å². The fourth-order valence-corrected chi connectivity index (χ4v) is 3.58. The summed E-state index contributed by atoms with van der Waals surface area (Å²) in [4.78, 5) is 21.2. The maximum absolute atomic E-state index is 11.7. The number of carbonyl (C=O) groups is 1. The monoisotopic (exact) mass is 401 g/mol. The minimum Gasteiger partial charge on any atom is -0.376 e. The first-order chi connectivity index (χ1) is 14.7. The molecule has 1 aliphatic heterocycles. The van der Waals surface area contributed by atoms with E-state index < -0.39 is 5.91 Å². The Hall–Kier alpha value is -3.78. The van der Waals surface area contributed by atoms with Crippen molar-refractivity contribution in [1.82, 2.24) is 15.1 Å². The molecule has 0 spiro atoms. The number of carbonyl (C=O) groups excluding carboxylic acids is 1. The normalized spacial score (nSPS) is 13.2. The maximum Gasteiger partial charge on any atom is 0.252 e. The number of fused-ring (bicyclic) bond motifs is 2. The number of nitrogens with one attached hydrogen (secondary N) is 1. The first kappa shape index (κ1) is 18.3. The lowest BCUT2D eigenvalue weighted by Gasteiger charge is -2.20. The topological polar surface area (TPSA) is 116 Å². The Morgan fingerprint density at radius 3 is 2.80 bits per heavy atom. The average molecular weight is 401 g/mol. The number of primary amides is 1. The Morgan fingerprint density at radius 2 is 1.97 bits per heavy atom. The van der Waals surface area contributed by atoms with Crippen molar-refractivity contribution < 1.29 is 14.1 Å². The number of hydrogen-bond donors (Lipinski definition) is 2. The van der Waals surface area contributed by atoms with Crippen LogP contribution in [0.3, 0.4) is 0 Å². The number of rotatable bonds is 5. The molecule has 8 heteroatoms.